The smallest absolute Gasteiger partial charge is 0.242 e. The van der Waals surface area contributed by atoms with Crippen molar-refractivity contribution >= 4 is 18.3 Å². The fourth-order valence-corrected chi connectivity index (χ4v) is 2.00. The van der Waals surface area contributed by atoms with Crippen LogP contribution in [0, 0.1) is 5.82 Å². The highest BCUT2D eigenvalue weighted by atomic mass is 35.5. The van der Waals surface area contributed by atoms with Crippen LogP contribution in [0.3, 0.4) is 0 Å². The fraction of sp³-hybridized carbons (Fsp3) is 0.533. The minimum atomic E-state index is -0.834. The van der Waals surface area contributed by atoms with Gasteiger partial charge < -0.3 is 15.4 Å². The Balaban J connectivity index is 0.00000400. The van der Waals surface area contributed by atoms with Crippen LogP contribution in [0.2, 0.25) is 0 Å². The van der Waals surface area contributed by atoms with E-state index in [0.717, 1.165) is 6.42 Å². The zero-order valence-corrected chi connectivity index (χ0v) is 13.6. The second-order valence-corrected chi connectivity index (χ2v) is 5.20. The summed E-state index contributed by atoms with van der Waals surface area (Å²) in [6, 6.07) is 5.79. The predicted octanol–water partition coefficient (Wildman–Crippen LogP) is 2.60. The molecule has 0 saturated carbocycles. The van der Waals surface area contributed by atoms with Crippen molar-refractivity contribution in [1.82, 2.24) is 4.90 Å². The van der Waals surface area contributed by atoms with Gasteiger partial charge in [0, 0.05) is 7.05 Å². The van der Waals surface area contributed by atoms with Crippen LogP contribution in [-0.2, 0) is 4.79 Å². The van der Waals surface area contributed by atoms with Gasteiger partial charge in [0.05, 0.1) is 12.1 Å². The van der Waals surface area contributed by atoms with Gasteiger partial charge in [0.1, 0.15) is 18.2 Å². The Morgan fingerprint density at radius 1 is 1.38 bits per heavy atom. The maximum absolute atomic E-state index is 12.7. The average Bonchev–Trinajstić information content (AvgIpc) is 2.40. The molecule has 2 N–H and O–H groups in total. The topological polar surface area (TPSA) is 55.6 Å². The maximum atomic E-state index is 12.7. The van der Waals surface area contributed by atoms with E-state index in [1.165, 1.54) is 12.1 Å². The number of likely N-dealkylation sites (N-methyl/N-ethyl adjacent to an activating group) is 1. The van der Waals surface area contributed by atoms with Crippen molar-refractivity contribution in [3.63, 3.8) is 0 Å². The van der Waals surface area contributed by atoms with Gasteiger partial charge in [-0.1, -0.05) is 13.3 Å². The standard InChI is InChI=1S/C15H23FN2O2.ClH/c1-4-9-15(2,17)14(19)18(3)10-11-20-13-7-5-12(16)6-8-13;/h5-8H,4,9-11,17H2,1-3H3;1H. The van der Waals surface area contributed by atoms with E-state index in [0.29, 0.717) is 25.3 Å². The van der Waals surface area contributed by atoms with Gasteiger partial charge in [0.2, 0.25) is 5.91 Å². The molecule has 1 unspecified atom stereocenters. The summed E-state index contributed by atoms with van der Waals surface area (Å²) < 4.78 is 18.2. The van der Waals surface area contributed by atoms with E-state index < -0.39 is 5.54 Å². The number of nitrogens with zero attached hydrogens (tertiary/aromatic N) is 1. The SMILES string of the molecule is CCCC(C)(N)C(=O)N(C)CCOc1ccc(F)cc1.Cl. The van der Waals surface area contributed by atoms with Gasteiger partial charge in [-0.2, -0.15) is 0 Å². The molecular weight excluding hydrogens is 295 g/mol. The van der Waals surface area contributed by atoms with Crippen molar-refractivity contribution in [1.29, 1.82) is 0 Å². The van der Waals surface area contributed by atoms with Crippen LogP contribution >= 0.6 is 12.4 Å². The summed E-state index contributed by atoms with van der Waals surface area (Å²) in [4.78, 5) is 13.7. The largest absolute Gasteiger partial charge is 0.492 e. The molecule has 0 aromatic heterocycles. The third-order valence-corrected chi connectivity index (χ3v) is 3.11. The summed E-state index contributed by atoms with van der Waals surface area (Å²) >= 11 is 0. The number of hydrogen-bond donors (Lipinski definition) is 1. The first kappa shape index (κ1) is 19.7. The molecule has 1 aromatic rings. The number of halogens is 2. The van der Waals surface area contributed by atoms with Crippen LogP contribution in [0.15, 0.2) is 24.3 Å². The zero-order chi connectivity index (χ0) is 15.2. The Labute approximate surface area is 131 Å². The van der Waals surface area contributed by atoms with Crippen molar-refractivity contribution in [2.24, 2.45) is 5.73 Å². The number of amides is 1. The predicted molar refractivity (Wildman–Crippen MR) is 84.3 cm³/mol. The monoisotopic (exact) mass is 318 g/mol. The summed E-state index contributed by atoms with van der Waals surface area (Å²) in [6.07, 6.45) is 1.51. The van der Waals surface area contributed by atoms with E-state index >= 15 is 0 Å². The van der Waals surface area contributed by atoms with Crippen molar-refractivity contribution in [3.8, 4) is 5.75 Å². The van der Waals surface area contributed by atoms with Crippen LogP contribution in [0.1, 0.15) is 26.7 Å². The van der Waals surface area contributed by atoms with Gasteiger partial charge in [-0.15, -0.1) is 12.4 Å². The lowest BCUT2D eigenvalue weighted by molar-refractivity contribution is -0.135. The van der Waals surface area contributed by atoms with E-state index in [1.54, 1.807) is 31.0 Å². The molecule has 4 nitrogen and oxygen atoms in total. The highest BCUT2D eigenvalue weighted by Crippen LogP contribution is 2.13. The lowest BCUT2D eigenvalue weighted by Crippen LogP contribution is -2.52. The van der Waals surface area contributed by atoms with Crippen molar-refractivity contribution in [2.45, 2.75) is 32.2 Å². The van der Waals surface area contributed by atoms with Crippen LogP contribution < -0.4 is 10.5 Å². The van der Waals surface area contributed by atoms with Crippen LogP contribution in [0.4, 0.5) is 4.39 Å². The van der Waals surface area contributed by atoms with Gasteiger partial charge in [0.25, 0.3) is 0 Å². The minimum Gasteiger partial charge on any atom is -0.492 e. The fourth-order valence-electron chi connectivity index (χ4n) is 2.00. The molecule has 0 aliphatic heterocycles. The van der Waals surface area contributed by atoms with Crippen molar-refractivity contribution in [3.05, 3.63) is 30.1 Å². The summed E-state index contributed by atoms with van der Waals surface area (Å²) in [5, 5.41) is 0. The molecular formula is C15H24ClFN2O2. The molecule has 21 heavy (non-hydrogen) atoms. The van der Waals surface area contributed by atoms with Crippen LogP contribution in [0.25, 0.3) is 0 Å². The van der Waals surface area contributed by atoms with Gasteiger partial charge in [0.15, 0.2) is 0 Å². The Morgan fingerprint density at radius 3 is 2.48 bits per heavy atom. The third-order valence-electron chi connectivity index (χ3n) is 3.11. The maximum Gasteiger partial charge on any atom is 0.242 e. The number of carbonyl (C=O) groups excluding carboxylic acids is 1. The number of carbonyl (C=O) groups is 1. The molecule has 1 amide bonds. The summed E-state index contributed by atoms with van der Waals surface area (Å²) in [7, 11) is 1.71. The van der Waals surface area contributed by atoms with E-state index in [-0.39, 0.29) is 24.1 Å². The number of hydrogen-bond acceptors (Lipinski definition) is 3. The molecule has 0 bridgehead atoms. The van der Waals surface area contributed by atoms with E-state index in [2.05, 4.69) is 0 Å². The minimum absolute atomic E-state index is 0. The lowest BCUT2D eigenvalue weighted by Gasteiger charge is -2.28. The Kier molecular flexibility index (Phi) is 8.29. The number of rotatable bonds is 7. The van der Waals surface area contributed by atoms with Crippen molar-refractivity contribution in [2.75, 3.05) is 20.2 Å². The molecule has 0 fully saturated rings. The molecule has 0 saturated heterocycles. The zero-order valence-electron chi connectivity index (χ0n) is 12.8. The highest BCUT2D eigenvalue weighted by molar-refractivity contribution is 5.85. The average molecular weight is 319 g/mol. The van der Waals surface area contributed by atoms with Crippen LogP contribution in [0.5, 0.6) is 5.75 Å². The molecule has 0 spiro atoms. The second kappa shape index (κ2) is 8.85. The molecule has 0 heterocycles. The van der Waals surface area contributed by atoms with Crippen molar-refractivity contribution < 1.29 is 13.9 Å². The quantitative estimate of drug-likeness (QED) is 0.840. The number of ether oxygens (including phenoxy) is 1. The summed E-state index contributed by atoms with van der Waals surface area (Å²) in [6.45, 7) is 4.52. The molecule has 0 aliphatic rings. The molecule has 120 valence electrons. The van der Waals surface area contributed by atoms with Gasteiger partial charge in [-0.3, -0.25) is 4.79 Å². The third kappa shape index (κ3) is 6.31. The van der Waals surface area contributed by atoms with Gasteiger partial charge in [-0.25, -0.2) is 4.39 Å². The first-order valence-electron chi connectivity index (χ1n) is 6.79. The van der Waals surface area contributed by atoms with Gasteiger partial charge in [-0.05, 0) is 37.6 Å². The first-order valence-corrected chi connectivity index (χ1v) is 6.79. The lowest BCUT2D eigenvalue weighted by atomic mass is 9.96. The number of benzene rings is 1. The van der Waals surface area contributed by atoms with Crippen LogP contribution in [-0.4, -0.2) is 36.5 Å². The molecule has 1 rings (SSSR count). The highest BCUT2D eigenvalue weighted by Gasteiger charge is 2.29. The molecule has 0 aliphatic carbocycles. The normalized spacial score (nSPS) is 13.0. The van der Waals surface area contributed by atoms with E-state index in [4.69, 9.17) is 10.5 Å². The Morgan fingerprint density at radius 2 is 1.95 bits per heavy atom. The summed E-state index contributed by atoms with van der Waals surface area (Å²) in [5.74, 6) is 0.182. The summed E-state index contributed by atoms with van der Waals surface area (Å²) in [5.41, 5.74) is 5.16. The van der Waals surface area contributed by atoms with E-state index in [9.17, 15) is 9.18 Å². The first-order chi connectivity index (χ1) is 9.36. The van der Waals surface area contributed by atoms with E-state index in [1.807, 2.05) is 6.92 Å². The number of nitrogens with two attached hydrogens (primary N) is 1. The molecule has 1 aromatic carbocycles. The molecule has 1 atom stereocenters. The Bertz CT molecular complexity index is 438. The molecule has 0 radical (unpaired) electrons. The Hall–Kier alpha value is -1.33. The second-order valence-electron chi connectivity index (χ2n) is 5.20. The van der Waals surface area contributed by atoms with Gasteiger partial charge >= 0.3 is 0 Å². The molecule has 6 heteroatoms.